The zero-order valence-corrected chi connectivity index (χ0v) is 17.6. The van der Waals surface area contributed by atoms with Crippen molar-refractivity contribution >= 4 is 35.3 Å². The molecule has 0 atom stereocenters. The number of aromatic nitrogens is 5. The highest BCUT2D eigenvalue weighted by molar-refractivity contribution is 6.05. The summed E-state index contributed by atoms with van der Waals surface area (Å²) in [6.07, 6.45) is 1.93. The zero-order chi connectivity index (χ0) is 20.5. The van der Waals surface area contributed by atoms with E-state index >= 15 is 0 Å². The minimum absolute atomic E-state index is 0. The molecular formula is C19H24ClN7O3. The first-order valence-corrected chi connectivity index (χ1v) is 9.67. The van der Waals surface area contributed by atoms with Gasteiger partial charge >= 0.3 is 11.1 Å². The van der Waals surface area contributed by atoms with Crippen LogP contribution in [-0.4, -0.2) is 43.3 Å². The molecule has 4 rings (SSSR count). The highest BCUT2D eigenvalue weighted by atomic mass is 35.5. The Hall–Kier alpha value is -2.98. The maximum atomic E-state index is 12.7. The Labute approximate surface area is 178 Å². The van der Waals surface area contributed by atoms with E-state index in [-0.39, 0.29) is 24.2 Å². The Kier molecular flexibility index (Phi) is 6.37. The van der Waals surface area contributed by atoms with Crippen molar-refractivity contribution in [3.63, 3.8) is 0 Å². The Bertz CT molecular complexity index is 1190. The van der Waals surface area contributed by atoms with Crippen LogP contribution < -0.4 is 21.8 Å². The number of fused-ring (bicyclic) bond motifs is 1. The molecule has 1 aromatic carbocycles. The second-order valence-corrected chi connectivity index (χ2v) is 7.13. The summed E-state index contributed by atoms with van der Waals surface area (Å²) in [5, 5.41) is 10.5. The van der Waals surface area contributed by atoms with Crippen LogP contribution in [0.4, 0.5) is 5.95 Å². The number of aromatic amines is 1. The minimum Gasteiger partial charge on any atom is -0.317 e. The number of piperidine rings is 1. The highest BCUT2D eigenvalue weighted by Crippen LogP contribution is 2.23. The van der Waals surface area contributed by atoms with E-state index in [4.69, 9.17) is 0 Å². The van der Waals surface area contributed by atoms with Gasteiger partial charge in [0.05, 0.1) is 11.0 Å². The molecule has 1 amide bonds. The van der Waals surface area contributed by atoms with E-state index < -0.39 is 11.1 Å². The first kappa shape index (κ1) is 21.7. The van der Waals surface area contributed by atoms with Gasteiger partial charge in [0.15, 0.2) is 5.82 Å². The molecule has 1 fully saturated rings. The number of halogens is 1. The third-order valence-corrected chi connectivity index (χ3v) is 5.26. The van der Waals surface area contributed by atoms with E-state index in [0.29, 0.717) is 29.1 Å². The van der Waals surface area contributed by atoms with Crippen molar-refractivity contribution in [2.45, 2.75) is 32.2 Å². The van der Waals surface area contributed by atoms with Crippen molar-refractivity contribution in [2.24, 2.45) is 7.05 Å². The summed E-state index contributed by atoms with van der Waals surface area (Å²) in [6, 6.07) is 4.83. The van der Waals surface area contributed by atoms with Gasteiger partial charge in [-0.15, -0.1) is 12.4 Å². The van der Waals surface area contributed by atoms with Crippen LogP contribution in [0.1, 0.15) is 41.9 Å². The summed E-state index contributed by atoms with van der Waals surface area (Å²) in [5.41, 5.74) is 0.0254. The van der Waals surface area contributed by atoms with Crippen molar-refractivity contribution in [3.8, 4) is 0 Å². The molecule has 11 heteroatoms. The van der Waals surface area contributed by atoms with Gasteiger partial charge in [-0.1, -0.05) is 0 Å². The van der Waals surface area contributed by atoms with Crippen molar-refractivity contribution in [1.82, 2.24) is 29.6 Å². The van der Waals surface area contributed by atoms with Crippen LogP contribution in [0, 0.1) is 0 Å². The van der Waals surface area contributed by atoms with E-state index in [1.165, 1.54) is 4.57 Å². The van der Waals surface area contributed by atoms with Crippen LogP contribution in [0.15, 0.2) is 27.8 Å². The number of H-pyrrole nitrogens is 1. The van der Waals surface area contributed by atoms with Gasteiger partial charge in [-0.3, -0.25) is 19.7 Å². The summed E-state index contributed by atoms with van der Waals surface area (Å²) in [4.78, 5) is 43.6. The third-order valence-electron chi connectivity index (χ3n) is 5.26. The molecule has 160 valence electrons. The van der Waals surface area contributed by atoms with Crippen LogP contribution in [-0.2, 0) is 13.6 Å². The van der Waals surface area contributed by atoms with Crippen molar-refractivity contribution in [2.75, 3.05) is 18.4 Å². The summed E-state index contributed by atoms with van der Waals surface area (Å²) in [6.45, 7) is 4.02. The molecule has 0 spiro atoms. The highest BCUT2D eigenvalue weighted by Gasteiger charge is 2.21. The smallest absolute Gasteiger partial charge is 0.316 e. The molecule has 0 bridgehead atoms. The van der Waals surface area contributed by atoms with Crippen molar-refractivity contribution in [3.05, 3.63) is 50.3 Å². The van der Waals surface area contributed by atoms with Crippen molar-refractivity contribution < 1.29 is 4.79 Å². The topological polar surface area (TPSA) is 127 Å². The van der Waals surface area contributed by atoms with Crippen LogP contribution in [0.5, 0.6) is 0 Å². The van der Waals surface area contributed by atoms with Gasteiger partial charge in [0.2, 0.25) is 5.95 Å². The van der Waals surface area contributed by atoms with Gasteiger partial charge in [-0.25, -0.2) is 4.68 Å². The Morgan fingerprint density at radius 2 is 2.00 bits per heavy atom. The Morgan fingerprint density at radius 1 is 1.27 bits per heavy atom. The molecule has 3 heterocycles. The molecule has 1 aliphatic heterocycles. The lowest BCUT2D eigenvalue weighted by atomic mass is 9.98. The maximum absolute atomic E-state index is 12.7. The number of rotatable bonds is 4. The average Bonchev–Trinajstić information content (AvgIpc) is 3.09. The number of nitrogens with zero attached hydrogens (tertiary/aromatic N) is 4. The summed E-state index contributed by atoms with van der Waals surface area (Å²) >= 11 is 0. The molecule has 30 heavy (non-hydrogen) atoms. The molecule has 0 radical (unpaired) electrons. The number of anilines is 1. The molecule has 10 nitrogen and oxygen atoms in total. The first-order valence-electron chi connectivity index (χ1n) is 9.67. The lowest BCUT2D eigenvalue weighted by Crippen LogP contribution is -2.36. The van der Waals surface area contributed by atoms with Crippen LogP contribution in [0.25, 0.3) is 11.0 Å². The minimum atomic E-state index is -0.711. The largest absolute Gasteiger partial charge is 0.317 e. The van der Waals surface area contributed by atoms with Crippen LogP contribution >= 0.6 is 12.4 Å². The SMILES string of the molecule is CCn1c(=O)c(=O)[nH]c2cc(C(=O)Nc3nc(C4CCNCC4)nn3C)ccc21.Cl. The maximum Gasteiger partial charge on any atom is 0.316 e. The number of carbonyl (C=O) groups is 1. The van der Waals surface area contributed by atoms with Gasteiger partial charge in [-0.05, 0) is 51.1 Å². The van der Waals surface area contributed by atoms with Gasteiger partial charge in [0.25, 0.3) is 5.91 Å². The molecule has 2 aromatic heterocycles. The number of carbonyl (C=O) groups excluding carboxylic acids is 1. The molecular weight excluding hydrogens is 410 g/mol. The fourth-order valence-electron chi connectivity index (χ4n) is 3.67. The lowest BCUT2D eigenvalue weighted by molar-refractivity contribution is 0.102. The normalized spacial score (nSPS) is 14.5. The van der Waals surface area contributed by atoms with E-state index in [9.17, 15) is 14.4 Å². The van der Waals surface area contributed by atoms with Gasteiger partial charge in [0, 0.05) is 25.1 Å². The monoisotopic (exact) mass is 433 g/mol. The molecule has 1 saturated heterocycles. The first-order chi connectivity index (χ1) is 14.0. The van der Waals surface area contributed by atoms with E-state index in [2.05, 4.69) is 25.7 Å². The fourth-order valence-corrected chi connectivity index (χ4v) is 3.67. The predicted octanol–water partition coefficient (Wildman–Crippen LogP) is 0.979. The molecule has 0 aliphatic carbocycles. The van der Waals surface area contributed by atoms with Gasteiger partial charge in [0.1, 0.15) is 0 Å². The number of hydrogen-bond acceptors (Lipinski definition) is 6. The fraction of sp³-hybridized carbons (Fsp3) is 0.421. The standard InChI is InChI=1S/C19H23N7O3.ClH/c1-3-26-14-5-4-12(10-13(14)21-17(28)18(26)29)16(27)23-19-22-15(24-25(19)2)11-6-8-20-9-7-11;/h4-5,10-11,20H,3,6-9H2,1-2H3,(H,21,28)(H,22,23,24,27);1H. The Balaban J connectivity index is 0.00000256. The molecule has 3 N–H and O–H groups in total. The number of benzene rings is 1. The lowest BCUT2D eigenvalue weighted by Gasteiger charge is -2.19. The predicted molar refractivity (Wildman–Crippen MR) is 116 cm³/mol. The second kappa shape index (κ2) is 8.80. The molecule has 0 saturated carbocycles. The quantitative estimate of drug-likeness (QED) is 0.526. The van der Waals surface area contributed by atoms with E-state index in [0.717, 1.165) is 31.8 Å². The second-order valence-electron chi connectivity index (χ2n) is 7.13. The van der Waals surface area contributed by atoms with Crippen molar-refractivity contribution in [1.29, 1.82) is 0 Å². The van der Waals surface area contributed by atoms with Gasteiger partial charge < -0.3 is 14.9 Å². The summed E-state index contributed by atoms with van der Waals surface area (Å²) < 4.78 is 2.94. The number of amides is 1. The van der Waals surface area contributed by atoms with Gasteiger partial charge in [-0.2, -0.15) is 10.1 Å². The third kappa shape index (κ3) is 4.01. The summed E-state index contributed by atoms with van der Waals surface area (Å²) in [7, 11) is 1.74. The number of aryl methyl sites for hydroxylation is 2. The van der Waals surface area contributed by atoms with E-state index in [1.807, 2.05) is 0 Å². The molecule has 3 aromatic rings. The number of hydrogen-bond donors (Lipinski definition) is 3. The molecule has 1 aliphatic rings. The number of nitrogens with one attached hydrogen (secondary N) is 3. The Morgan fingerprint density at radius 3 is 2.70 bits per heavy atom. The van der Waals surface area contributed by atoms with Crippen LogP contribution in [0.2, 0.25) is 0 Å². The summed E-state index contributed by atoms with van der Waals surface area (Å²) in [5.74, 6) is 1.02. The molecule has 0 unspecified atom stereocenters. The van der Waals surface area contributed by atoms with Crippen LogP contribution in [0.3, 0.4) is 0 Å². The zero-order valence-electron chi connectivity index (χ0n) is 16.8. The van der Waals surface area contributed by atoms with E-state index in [1.54, 1.807) is 36.9 Å². The average molecular weight is 434 g/mol.